The summed E-state index contributed by atoms with van der Waals surface area (Å²) < 4.78 is 6.74. The minimum atomic E-state index is -0.720. The lowest BCUT2D eigenvalue weighted by Crippen LogP contribution is -2.19. The third-order valence-electron chi connectivity index (χ3n) is 6.45. The number of carbonyl (C=O) groups is 2. The van der Waals surface area contributed by atoms with E-state index in [0.717, 1.165) is 33.2 Å². The molecule has 1 amide bonds. The van der Waals surface area contributed by atoms with Gasteiger partial charge in [-0.05, 0) is 71.2 Å². The smallest absolute Gasteiger partial charge is 0.343 e. The van der Waals surface area contributed by atoms with Crippen LogP contribution in [0.5, 0.6) is 5.75 Å². The SMILES string of the molecule is Cc1cc(C)c2[nH]c(C(=O)NN=Cc3cc(Br)cc(Br)c3OC(=O)c3ccc([N+](=O)[O-])cc3)c(-c3ccccc3)c2c1. The van der Waals surface area contributed by atoms with E-state index < -0.39 is 16.8 Å². The Morgan fingerprint density at radius 3 is 2.40 bits per heavy atom. The number of nitrogens with one attached hydrogen (secondary N) is 2. The molecule has 1 heterocycles. The summed E-state index contributed by atoms with van der Waals surface area (Å²) in [6.45, 7) is 4.01. The number of halogens is 2. The number of ether oxygens (including phenoxy) is 1. The van der Waals surface area contributed by atoms with Gasteiger partial charge in [0.05, 0.1) is 21.2 Å². The summed E-state index contributed by atoms with van der Waals surface area (Å²) in [6.07, 6.45) is 1.37. The van der Waals surface area contributed by atoms with E-state index in [-0.39, 0.29) is 17.0 Å². The van der Waals surface area contributed by atoms with Crippen molar-refractivity contribution in [2.24, 2.45) is 5.10 Å². The van der Waals surface area contributed by atoms with Crippen molar-refractivity contribution in [3.8, 4) is 16.9 Å². The zero-order valence-corrected chi connectivity index (χ0v) is 25.4. The zero-order chi connectivity index (χ0) is 30.0. The lowest BCUT2D eigenvalue weighted by molar-refractivity contribution is -0.384. The Hall–Kier alpha value is -4.61. The van der Waals surface area contributed by atoms with Gasteiger partial charge in [0, 0.05) is 38.6 Å². The molecule has 0 atom stereocenters. The van der Waals surface area contributed by atoms with Gasteiger partial charge in [-0.3, -0.25) is 14.9 Å². The van der Waals surface area contributed by atoms with Gasteiger partial charge in [-0.25, -0.2) is 10.2 Å². The zero-order valence-electron chi connectivity index (χ0n) is 22.3. The lowest BCUT2D eigenvalue weighted by atomic mass is 9.99. The quantitative estimate of drug-likeness (QED) is 0.0591. The Morgan fingerprint density at radius 2 is 1.71 bits per heavy atom. The van der Waals surface area contributed by atoms with E-state index in [0.29, 0.717) is 20.2 Å². The summed E-state index contributed by atoms with van der Waals surface area (Å²) >= 11 is 6.82. The van der Waals surface area contributed by atoms with Gasteiger partial charge < -0.3 is 9.72 Å². The monoisotopic (exact) mass is 688 g/mol. The van der Waals surface area contributed by atoms with Crippen molar-refractivity contribution in [1.29, 1.82) is 0 Å². The molecule has 0 radical (unpaired) electrons. The van der Waals surface area contributed by atoms with Gasteiger partial charge in [0.2, 0.25) is 0 Å². The molecule has 0 fully saturated rings. The van der Waals surface area contributed by atoms with Crippen LogP contribution in [-0.2, 0) is 0 Å². The first kappa shape index (κ1) is 28.9. The Morgan fingerprint density at radius 1 is 1.00 bits per heavy atom. The number of hydrogen-bond donors (Lipinski definition) is 2. The fraction of sp³-hybridized carbons (Fsp3) is 0.0645. The summed E-state index contributed by atoms with van der Waals surface area (Å²) in [4.78, 5) is 39.9. The minimum Gasteiger partial charge on any atom is -0.421 e. The van der Waals surface area contributed by atoms with Crippen molar-refractivity contribution in [1.82, 2.24) is 10.4 Å². The van der Waals surface area contributed by atoms with E-state index in [9.17, 15) is 19.7 Å². The number of esters is 1. The Bertz CT molecular complexity index is 1880. The molecule has 0 aliphatic rings. The molecule has 11 heteroatoms. The number of H-pyrrole nitrogens is 1. The molecule has 210 valence electrons. The Balaban J connectivity index is 1.44. The van der Waals surface area contributed by atoms with E-state index in [4.69, 9.17) is 4.74 Å². The van der Waals surface area contributed by atoms with Crippen LogP contribution in [0.15, 0.2) is 92.9 Å². The lowest BCUT2D eigenvalue weighted by Gasteiger charge is -2.10. The van der Waals surface area contributed by atoms with Gasteiger partial charge in [0.15, 0.2) is 5.75 Å². The first-order chi connectivity index (χ1) is 20.1. The number of nitro benzene ring substituents is 1. The van der Waals surface area contributed by atoms with Gasteiger partial charge in [0.1, 0.15) is 5.69 Å². The van der Waals surface area contributed by atoms with Crippen molar-refractivity contribution in [3.05, 3.63) is 126 Å². The van der Waals surface area contributed by atoms with Crippen molar-refractivity contribution in [2.75, 3.05) is 0 Å². The van der Waals surface area contributed by atoms with Crippen LogP contribution in [0.25, 0.3) is 22.0 Å². The van der Waals surface area contributed by atoms with Gasteiger partial charge in [0.25, 0.3) is 11.6 Å². The maximum Gasteiger partial charge on any atom is 0.343 e. The maximum absolute atomic E-state index is 13.4. The standard InChI is InChI=1S/C31H22Br2N4O5/c1-17-12-18(2)27-24(13-17)26(19-6-4-3-5-7-19)28(35-27)30(38)36-34-16-21-14-22(32)15-25(33)29(21)42-31(39)20-8-10-23(11-9-20)37(40)41/h3-16,35H,1-2H3,(H,36,38). The second-order valence-electron chi connectivity index (χ2n) is 9.44. The van der Waals surface area contributed by atoms with Crippen LogP contribution >= 0.6 is 31.9 Å². The number of aryl methyl sites for hydroxylation is 2. The number of fused-ring (bicyclic) bond motifs is 1. The molecule has 0 saturated carbocycles. The molecule has 2 N–H and O–H groups in total. The predicted octanol–water partition coefficient (Wildman–Crippen LogP) is 7.87. The van der Waals surface area contributed by atoms with Gasteiger partial charge in [-0.1, -0.05) is 57.9 Å². The third-order valence-corrected chi connectivity index (χ3v) is 7.50. The second-order valence-corrected chi connectivity index (χ2v) is 11.2. The Labute approximate surface area is 257 Å². The van der Waals surface area contributed by atoms with Crippen molar-refractivity contribution in [3.63, 3.8) is 0 Å². The van der Waals surface area contributed by atoms with Crippen LogP contribution in [0.1, 0.15) is 37.5 Å². The highest BCUT2D eigenvalue weighted by molar-refractivity contribution is 9.11. The van der Waals surface area contributed by atoms with Crippen LogP contribution in [0, 0.1) is 24.0 Å². The molecule has 9 nitrogen and oxygen atoms in total. The number of hydrogen-bond acceptors (Lipinski definition) is 6. The molecule has 1 aromatic heterocycles. The molecular weight excluding hydrogens is 668 g/mol. The fourth-order valence-electron chi connectivity index (χ4n) is 4.60. The summed E-state index contributed by atoms with van der Waals surface area (Å²) in [5, 5.41) is 16.0. The van der Waals surface area contributed by atoms with Crippen LogP contribution in [0.4, 0.5) is 5.69 Å². The van der Waals surface area contributed by atoms with Crippen LogP contribution < -0.4 is 10.2 Å². The Kier molecular flexibility index (Phi) is 8.32. The topological polar surface area (TPSA) is 127 Å². The number of carbonyl (C=O) groups excluding carboxylic acids is 2. The number of aromatic nitrogens is 1. The number of non-ortho nitro benzene ring substituents is 1. The number of hydrazone groups is 1. The maximum atomic E-state index is 13.4. The molecule has 0 saturated heterocycles. The van der Waals surface area contributed by atoms with Crippen molar-refractivity contribution in [2.45, 2.75) is 13.8 Å². The molecule has 0 aliphatic carbocycles. The third kappa shape index (κ3) is 6.02. The van der Waals surface area contributed by atoms with E-state index in [2.05, 4.69) is 53.4 Å². The van der Waals surface area contributed by atoms with E-state index in [1.807, 2.05) is 50.2 Å². The summed E-state index contributed by atoms with van der Waals surface area (Å²) in [7, 11) is 0. The molecule has 4 aromatic carbocycles. The molecule has 5 aromatic rings. The number of nitrogens with zero attached hydrogens (tertiary/aromatic N) is 2. The molecule has 0 unspecified atom stereocenters. The molecule has 5 rings (SSSR count). The number of amides is 1. The van der Waals surface area contributed by atoms with Crippen LogP contribution in [-0.4, -0.2) is 28.0 Å². The van der Waals surface area contributed by atoms with Crippen LogP contribution in [0.2, 0.25) is 0 Å². The summed E-state index contributed by atoms with van der Waals surface area (Å²) in [6, 6.07) is 22.2. The van der Waals surface area contributed by atoms with E-state index in [1.54, 1.807) is 12.1 Å². The first-order valence-electron chi connectivity index (χ1n) is 12.6. The molecule has 0 bridgehead atoms. The van der Waals surface area contributed by atoms with Gasteiger partial charge in [-0.15, -0.1) is 0 Å². The molecule has 0 spiro atoms. The van der Waals surface area contributed by atoms with E-state index in [1.165, 1.54) is 30.5 Å². The highest BCUT2D eigenvalue weighted by Crippen LogP contribution is 2.35. The van der Waals surface area contributed by atoms with Crippen molar-refractivity contribution < 1.29 is 19.2 Å². The van der Waals surface area contributed by atoms with Crippen molar-refractivity contribution >= 4 is 66.5 Å². The predicted molar refractivity (Wildman–Crippen MR) is 168 cm³/mol. The summed E-state index contributed by atoms with van der Waals surface area (Å²) in [5.41, 5.74) is 7.94. The normalized spacial score (nSPS) is 11.1. The van der Waals surface area contributed by atoms with Crippen LogP contribution in [0.3, 0.4) is 0 Å². The van der Waals surface area contributed by atoms with E-state index >= 15 is 0 Å². The molecule has 42 heavy (non-hydrogen) atoms. The molecular formula is C31H22Br2N4O5. The number of benzene rings is 4. The average molecular weight is 690 g/mol. The van der Waals surface area contributed by atoms with Gasteiger partial charge in [-0.2, -0.15) is 5.10 Å². The summed E-state index contributed by atoms with van der Waals surface area (Å²) in [5.74, 6) is -1.01. The number of nitro groups is 1. The van der Waals surface area contributed by atoms with Gasteiger partial charge >= 0.3 is 5.97 Å². The fourth-order valence-corrected chi connectivity index (χ4v) is 5.94. The average Bonchev–Trinajstić information content (AvgIpc) is 3.35. The number of aromatic amines is 1. The first-order valence-corrected chi connectivity index (χ1v) is 14.2. The largest absolute Gasteiger partial charge is 0.421 e. The highest BCUT2D eigenvalue weighted by atomic mass is 79.9. The second kappa shape index (κ2) is 12.1. The molecule has 0 aliphatic heterocycles. The minimum absolute atomic E-state index is 0.129. The highest BCUT2D eigenvalue weighted by Gasteiger charge is 2.21. The number of rotatable bonds is 7.